The molecule has 0 radical (unpaired) electrons. The van der Waals surface area contributed by atoms with Crippen molar-refractivity contribution in [2.24, 2.45) is 5.92 Å². The van der Waals surface area contributed by atoms with Crippen LogP contribution in [-0.4, -0.2) is 26.4 Å². The van der Waals surface area contributed by atoms with Gasteiger partial charge >= 0.3 is 0 Å². The van der Waals surface area contributed by atoms with Gasteiger partial charge in [-0.05, 0) is 43.9 Å². The first-order valence-corrected chi connectivity index (χ1v) is 7.12. The molecule has 0 unspecified atom stereocenters. The van der Waals surface area contributed by atoms with Gasteiger partial charge in [0.1, 0.15) is 5.75 Å². The molecule has 1 heterocycles. The molecule has 108 valence electrons. The summed E-state index contributed by atoms with van der Waals surface area (Å²) >= 11 is 0. The molecular weight excluding hydrogens is 252 g/mol. The lowest BCUT2D eigenvalue weighted by Gasteiger charge is -2.28. The Morgan fingerprint density at radius 1 is 1.45 bits per heavy atom. The summed E-state index contributed by atoms with van der Waals surface area (Å²) in [7, 11) is 1.66. The molecule has 1 aliphatic heterocycles. The van der Waals surface area contributed by atoms with Crippen molar-refractivity contribution in [1.82, 2.24) is 5.32 Å². The summed E-state index contributed by atoms with van der Waals surface area (Å²) in [6.07, 6.45) is 2.23. The van der Waals surface area contributed by atoms with Crippen LogP contribution in [0.1, 0.15) is 30.9 Å². The van der Waals surface area contributed by atoms with Crippen molar-refractivity contribution in [2.75, 3.05) is 20.3 Å². The minimum Gasteiger partial charge on any atom is -0.496 e. The van der Waals surface area contributed by atoms with Gasteiger partial charge in [0.05, 0.1) is 18.7 Å². The summed E-state index contributed by atoms with van der Waals surface area (Å²) in [5.74, 6) is 1.49. The number of hydrogen-bond donors (Lipinski definition) is 1. The van der Waals surface area contributed by atoms with Gasteiger partial charge < -0.3 is 14.8 Å². The largest absolute Gasteiger partial charge is 0.496 e. The molecule has 0 saturated carbocycles. The van der Waals surface area contributed by atoms with E-state index in [0.29, 0.717) is 17.5 Å². The molecule has 0 amide bonds. The molecule has 0 aromatic heterocycles. The Morgan fingerprint density at radius 2 is 2.20 bits per heavy atom. The number of nitrogens with one attached hydrogen (secondary N) is 1. The molecule has 4 nitrogen and oxygen atoms in total. The number of rotatable bonds is 5. The van der Waals surface area contributed by atoms with Crippen molar-refractivity contribution >= 4 is 0 Å². The molecule has 1 saturated heterocycles. The van der Waals surface area contributed by atoms with Gasteiger partial charge in [-0.1, -0.05) is 0 Å². The van der Waals surface area contributed by atoms with Crippen molar-refractivity contribution in [3.63, 3.8) is 0 Å². The van der Waals surface area contributed by atoms with E-state index in [9.17, 15) is 0 Å². The van der Waals surface area contributed by atoms with Crippen molar-refractivity contribution in [3.8, 4) is 11.8 Å². The van der Waals surface area contributed by atoms with Gasteiger partial charge in [-0.25, -0.2) is 0 Å². The summed E-state index contributed by atoms with van der Waals surface area (Å²) in [6.45, 7) is 4.67. The van der Waals surface area contributed by atoms with E-state index in [1.165, 1.54) is 0 Å². The lowest BCUT2D eigenvalue weighted by atomic mass is 9.93. The fourth-order valence-electron chi connectivity index (χ4n) is 2.64. The molecule has 1 aromatic rings. The maximum absolute atomic E-state index is 8.98. The van der Waals surface area contributed by atoms with Gasteiger partial charge in [0.2, 0.25) is 0 Å². The molecule has 1 aromatic carbocycles. The summed E-state index contributed by atoms with van der Waals surface area (Å²) in [6, 6.07) is 8.14. The van der Waals surface area contributed by atoms with E-state index >= 15 is 0 Å². The van der Waals surface area contributed by atoms with Crippen LogP contribution in [0.5, 0.6) is 5.75 Å². The monoisotopic (exact) mass is 274 g/mol. The predicted molar refractivity (Wildman–Crippen MR) is 77.6 cm³/mol. The van der Waals surface area contributed by atoms with Gasteiger partial charge in [-0.15, -0.1) is 0 Å². The van der Waals surface area contributed by atoms with E-state index < -0.39 is 0 Å². The maximum Gasteiger partial charge on any atom is 0.123 e. The van der Waals surface area contributed by atoms with Crippen LogP contribution in [0.4, 0.5) is 0 Å². The zero-order chi connectivity index (χ0) is 14.4. The number of ether oxygens (including phenoxy) is 2. The van der Waals surface area contributed by atoms with Crippen LogP contribution in [0, 0.1) is 17.2 Å². The predicted octanol–water partition coefficient (Wildman–Crippen LogP) is 2.47. The van der Waals surface area contributed by atoms with Crippen LogP contribution in [0.3, 0.4) is 0 Å². The highest BCUT2D eigenvalue weighted by atomic mass is 16.5. The SMILES string of the molecule is COc1ccc(C#N)cc1CN[C@H](C)C1CCOCC1. The second kappa shape index (κ2) is 7.28. The molecule has 1 aliphatic rings. The Morgan fingerprint density at radius 3 is 2.85 bits per heavy atom. The highest BCUT2D eigenvalue weighted by Gasteiger charge is 2.20. The minimum absolute atomic E-state index is 0.439. The summed E-state index contributed by atoms with van der Waals surface area (Å²) in [5, 5.41) is 12.5. The highest BCUT2D eigenvalue weighted by molar-refractivity contribution is 5.42. The van der Waals surface area contributed by atoms with E-state index in [2.05, 4.69) is 18.3 Å². The minimum atomic E-state index is 0.439. The lowest BCUT2D eigenvalue weighted by molar-refractivity contribution is 0.0557. The van der Waals surface area contributed by atoms with Crippen LogP contribution < -0.4 is 10.1 Å². The molecular formula is C16H22N2O2. The van der Waals surface area contributed by atoms with Gasteiger partial charge in [-0.2, -0.15) is 5.26 Å². The first-order chi connectivity index (χ1) is 9.74. The third-order valence-electron chi connectivity index (χ3n) is 4.00. The number of hydrogen-bond acceptors (Lipinski definition) is 4. The lowest BCUT2D eigenvalue weighted by Crippen LogP contribution is -2.36. The fourth-order valence-corrected chi connectivity index (χ4v) is 2.64. The molecule has 2 rings (SSSR count). The smallest absolute Gasteiger partial charge is 0.123 e. The molecule has 0 aliphatic carbocycles. The number of benzene rings is 1. The van der Waals surface area contributed by atoms with E-state index in [1.807, 2.05) is 12.1 Å². The Hall–Kier alpha value is -1.57. The van der Waals surface area contributed by atoms with E-state index in [-0.39, 0.29) is 0 Å². The van der Waals surface area contributed by atoms with Crippen LogP contribution in [0.2, 0.25) is 0 Å². The van der Waals surface area contributed by atoms with Crippen molar-refractivity contribution < 1.29 is 9.47 Å². The van der Waals surface area contributed by atoms with Crippen molar-refractivity contribution in [1.29, 1.82) is 5.26 Å². The quantitative estimate of drug-likeness (QED) is 0.896. The molecule has 0 spiro atoms. The Balaban J connectivity index is 1.97. The Bertz CT molecular complexity index is 476. The summed E-state index contributed by atoms with van der Waals surface area (Å²) in [5.41, 5.74) is 1.70. The first kappa shape index (κ1) is 14.8. The molecule has 1 fully saturated rings. The van der Waals surface area contributed by atoms with Gasteiger partial charge in [0.25, 0.3) is 0 Å². The zero-order valence-electron chi connectivity index (χ0n) is 12.2. The first-order valence-electron chi connectivity index (χ1n) is 7.12. The third kappa shape index (κ3) is 3.72. The number of nitriles is 1. The van der Waals surface area contributed by atoms with Gasteiger partial charge in [-0.3, -0.25) is 0 Å². The van der Waals surface area contributed by atoms with E-state index in [4.69, 9.17) is 14.7 Å². The van der Waals surface area contributed by atoms with Crippen LogP contribution in [-0.2, 0) is 11.3 Å². The second-order valence-corrected chi connectivity index (χ2v) is 5.26. The van der Waals surface area contributed by atoms with Crippen LogP contribution >= 0.6 is 0 Å². The average molecular weight is 274 g/mol. The number of methoxy groups -OCH3 is 1. The van der Waals surface area contributed by atoms with Crippen molar-refractivity contribution in [3.05, 3.63) is 29.3 Å². The van der Waals surface area contributed by atoms with E-state index in [1.54, 1.807) is 13.2 Å². The van der Waals surface area contributed by atoms with Gasteiger partial charge in [0.15, 0.2) is 0 Å². The molecule has 20 heavy (non-hydrogen) atoms. The van der Waals surface area contributed by atoms with Gasteiger partial charge in [0, 0.05) is 31.4 Å². The van der Waals surface area contributed by atoms with Crippen LogP contribution in [0.15, 0.2) is 18.2 Å². The van der Waals surface area contributed by atoms with Crippen molar-refractivity contribution in [2.45, 2.75) is 32.4 Å². The molecule has 1 N–H and O–H groups in total. The Kier molecular flexibility index (Phi) is 5.40. The average Bonchev–Trinajstić information content (AvgIpc) is 2.53. The Labute approximate surface area is 120 Å². The molecule has 4 heteroatoms. The number of nitrogens with zero attached hydrogens (tertiary/aromatic N) is 1. The molecule has 1 atom stereocenters. The third-order valence-corrected chi connectivity index (χ3v) is 4.00. The second-order valence-electron chi connectivity index (χ2n) is 5.26. The summed E-state index contributed by atoms with van der Waals surface area (Å²) < 4.78 is 10.7. The maximum atomic E-state index is 8.98. The normalized spacial score (nSPS) is 17.4. The zero-order valence-corrected chi connectivity index (χ0v) is 12.2. The van der Waals surface area contributed by atoms with Crippen LogP contribution in [0.25, 0.3) is 0 Å². The summed E-state index contributed by atoms with van der Waals surface area (Å²) in [4.78, 5) is 0. The molecule has 0 bridgehead atoms. The fraction of sp³-hybridized carbons (Fsp3) is 0.562. The topological polar surface area (TPSA) is 54.3 Å². The highest BCUT2D eigenvalue weighted by Crippen LogP contribution is 2.22. The van der Waals surface area contributed by atoms with E-state index in [0.717, 1.165) is 43.9 Å². The standard InChI is InChI=1S/C16H22N2O2/c1-12(14-5-7-20-8-6-14)18-11-15-9-13(10-17)3-4-16(15)19-2/h3-4,9,12,14,18H,5-8,11H2,1-2H3/t12-/m1/s1.